The van der Waals surface area contributed by atoms with E-state index < -0.39 is 32.9 Å². The van der Waals surface area contributed by atoms with E-state index in [1.807, 2.05) is 0 Å². The van der Waals surface area contributed by atoms with E-state index in [0.717, 1.165) is 105 Å². The fourth-order valence-corrected chi connectivity index (χ4v) is 20.6. The number of rotatable bonds is 28. The molecule has 0 heterocycles. The van der Waals surface area contributed by atoms with Crippen LogP contribution in [-0.4, -0.2) is 271 Å². The Morgan fingerprint density at radius 3 is 0.516 bits per heavy atom. The van der Waals surface area contributed by atoms with E-state index in [-0.39, 0.29) is 103 Å². The van der Waals surface area contributed by atoms with Crippen molar-refractivity contribution in [3.8, 4) is 0 Å². The minimum absolute atomic E-state index is 0. The molecular weight excluding hydrogens is 923 g/mol. The van der Waals surface area contributed by atoms with Gasteiger partial charge in [-0.1, -0.05) is 112 Å². The molecule has 0 spiro atoms. The molecule has 0 aromatic rings. The van der Waals surface area contributed by atoms with Crippen LogP contribution in [-0.2, 0) is 18.9 Å². The number of nitrogens with one attached hydrogen (secondary N) is 4. The van der Waals surface area contributed by atoms with Gasteiger partial charge < -0.3 is 67.4 Å². The Morgan fingerprint density at radius 2 is 0.438 bits per heavy atom. The first-order valence-corrected chi connectivity index (χ1v) is 37.2. The van der Waals surface area contributed by atoms with Crippen LogP contribution in [0.5, 0.6) is 0 Å². The Hall–Kier alpha value is 3.58. The van der Waals surface area contributed by atoms with Crippen molar-refractivity contribution in [3.63, 3.8) is 0 Å². The third kappa shape index (κ3) is 121. The minimum atomic E-state index is -1.11. The van der Waals surface area contributed by atoms with Gasteiger partial charge in [0.2, 0.25) is 0 Å². The fourth-order valence-electron chi connectivity index (χ4n) is 4.51. The largest absolute Gasteiger partial charge is 1.00 e. The van der Waals surface area contributed by atoms with E-state index in [4.69, 9.17) is 28.2 Å². The molecule has 0 aliphatic carbocycles. The maximum atomic E-state index is 5.39. The third-order valence-corrected chi connectivity index (χ3v) is 17.8. The van der Waals surface area contributed by atoms with Gasteiger partial charge >= 0.3 is 103 Å². The minimum Gasteiger partial charge on any atom is -0.668 e. The average molecular weight is 1040 g/mol. The SMILES string of the molecule is CN(C)CCOCC[NH+](C)C.CN(C)CCOCC[NH+](C)C.CN(C)CCOCC[NH+](C)C.CN(C)CCOCC[NH+](C)C.C[Si](C)(C)[N-][Si](C)(C)C.C[Si](C)(C)[N-][Si](C)(C)C.[K+].[K+]. The van der Waals surface area contributed by atoms with Crippen molar-refractivity contribution < 1.29 is 141 Å². The maximum absolute atomic E-state index is 5.39. The predicted octanol–water partition coefficient (Wildman–Crippen LogP) is -5.10. The third-order valence-electron chi connectivity index (χ3n) is 7.06. The first-order chi connectivity index (χ1) is 27.9. The summed E-state index contributed by atoms with van der Waals surface area (Å²) in [6.07, 6.45) is 0. The number of ether oxygens (including phenoxy) is 4. The molecule has 64 heavy (non-hydrogen) atoms. The molecule has 0 aromatic heterocycles. The van der Waals surface area contributed by atoms with Crippen LogP contribution in [0.25, 0.3) is 9.30 Å². The molecule has 0 aliphatic heterocycles. The van der Waals surface area contributed by atoms with Crippen molar-refractivity contribution in [3.05, 3.63) is 9.30 Å². The summed E-state index contributed by atoms with van der Waals surface area (Å²) >= 11 is 0. The molecule has 0 fully saturated rings. The van der Waals surface area contributed by atoms with E-state index in [1.165, 1.54) is 19.6 Å². The zero-order chi connectivity index (χ0) is 50.2. The van der Waals surface area contributed by atoms with Gasteiger partial charge in [0.25, 0.3) is 0 Å². The predicted molar refractivity (Wildman–Crippen MR) is 288 cm³/mol. The summed E-state index contributed by atoms with van der Waals surface area (Å²) in [5, 5.41) is 0. The molecule has 0 rings (SSSR count). The Morgan fingerprint density at radius 1 is 0.297 bits per heavy atom. The summed E-state index contributed by atoms with van der Waals surface area (Å²) in [7, 11) is 29.1. The molecule has 0 bridgehead atoms. The molecule has 0 saturated carbocycles. The van der Waals surface area contributed by atoms with Crippen LogP contribution in [0.3, 0.4) is 0 Å². The quantitative estimate of drug-likeness (QED) is 0.0458. The monoisotopic (exact) mass is 1040 g/mol. The maximum Gasteiger partial charge on any atom is 1.00 e. The van der Waals surface area contributed by atoms with Crippen molar-refractivity contribution in [2.24, 2.45) is 0 Å². The molecule has 0 radical (unpaired) electrons. The van der Waals surface area contributed by atoms with E-state index in [1.54, 1.807) is 0 Å². The second kappa shape index (κ2) is 52.9. The summed E-state index contributed by atoms with van der Waals surface area (Å²) in [5.74, 6) is 0. The molecular formula is C44H120K2N10O4Si4+4. The normalized spacial score (nSPS) is 11.8. The Balaban J connectivity index is -0.0000000976. The van der Waals surface area contributed by atoms with Gasteiger partial charge in [0.1, 0.15) is 26.2 Å². The van der Waals surface area contributed by atoms with Gasteiger partial charge in [-0.2, -0.15) is 0 Å². The van der Waals surface area contributed by atoms with Crippen LogP contribution in [0.15, 0.2) is 0 Å². The van der Waals surface area contributed by atoms with Crippen LogP contribution in [0.2, 0.25) is 78.6 Å². The fraction of sp³-hybridized carbons (Fsp3) is 1.00. The molecule has 384 valence electrons. The van der Waals surface area contributed by atoms with Gasteiger partial charge in [-0.25, -0.2) is 0 Å². The van der Waals surface area contributed by atoms with Gasteiger partial charge in [0.15, 0.2) is 0 Å². The van der Waals surface area contributed by atoms with Gasteiger partial charge in [-0.3, -0.25) is 0 Å². The van der Waals surface area contributed by atoms with E-state index in [9.17, 15) is 0 Å². The van der Waals surface area contributed by atoms with Gasteiger partial charge in [0, 0.05) is 26.2 Å². The van der Waals surface area contributed by atoms with Crippen LogP contribution < -0.4 is 122 Å². The van der Waals surface area contributed by atoms with Gasteiger partial charge in [0.05, 0.1) is 109 Å². The Bertz CT molecular complexity index is 719. The van der Waals surface area contributed by atoms with Crippen molar-refractivity contribution >= 4 is 32.9 Å². The molecule has 14 nitrogen and oxygen atoms in total. The van der Waals surface area contributed by atoms with Crippen molar-refractivity contribution in [1.82, 2.24) is 19.6 Å². The second-order valence-corrected chi connectivity index (χ2v) is 41.6. The zero-order valence-corrected chi connectivity index (χ0v) is 59.9. The smallest absolute Gasteiger partial charge is 0.668 e. The number of hydrogen-bond acceptors (Lipinski definition) is 8. The first kappa shape index (κ1) is 84.4. The van der Waals surface area contributed by atoms with Crippen molar-refractivity contribution in [2.45, 2.75) is 78.6 Å². The molecule has 0 atom stereocenters. The van der Waals surface area contributed by atoms with Crippen LogP contribution in [0.1, 0.15) is 0 Å². The Labute approximate surface area is 493 Å². The van der Waals surface area contributed by atoms with Crippen LogP contribution >= 0.6 is 0 Å². The number of likely N-dealkylation sites (N-methyl/N-ethyl adjacent to an activating group) is 8. The molecule has 0 saturated heterocycles. The molecule has 4 N–H and O–H groups in total. The molecule has 0 amide bonds. The van der Waals surface area contributed by atoms with E-state index in [0.29, 0.717) is 0 Å². The zero-order valence-electron chi connectivity index (χ0n) is 49.6. The van der Waals surface area contributed by atoms with Gasteiger partial charge in [-0.05, 0) is 56.4 Å². The number of nitrogens with zero attached hydrogens (tertiary/aromatic N) is 6. The summed E-state index contributed by atoms with van der Waals surface area (Å²) in [5.41, 5.74) is 0. The summed E-state index contributed by atoms with van der Waals surface area (Å²) < 4.78 is 31.2. The van der Waals surface area contributed by atoms with Crippen molar-refractivity contribution in [2.75, 3.05) is 218 Å². The molecule has 20 heteroatoms. The molecule has 0 unspecified atom stereocenters. The molecule has 0 aliphatic rings. The number of hydrogen-bond donors (Lipinski definition) is 4. The van der Waals surface area contributed by atoms with E-state index in [2.05, 4.69) is 211 Å². The summed E-state index contributed by atoms with van der Waals surface area (Å²) in [6, 6.07) is 0. The Kier molecular flexibility index (Phi) is 69.7. The second-order valence-electron chi connectivity index (χ2n) is 22.4. The number of quaternary nitrogens is 4. The molecule has 0 aromatic carbocycles. The summed E-state index contributed by atoms with van der Waals surface area (Å²) in [6.45, 7) is 42.9. The van der Waals surface area contributed by atoms with E-state index >= 15 is 0 Å². The summed E-state index contributed by atoms with van der Waals surface area (Å²) in [4.78, 5) is 14.3. The average Bonchev–Trinajstić information content (AvgIpc) is 3.01. The van der Waals surface area contributed by atoms with Crippen LogP contribution in [0.4, 0.5) is 0 Å². The standard InChI is InChI=1S/4C8H20N2O.2C6H18NSi2.2K/c4*1-9(2)5-7-11-8-6-10(3)4;2*1-8(2,3)7-9(4,5)6;;/h4*5-8H2,1-4H3;2*1-6H3;;/q;;;;2*-1;2*+1/p+4. The van der Waals surface area contributed by atoms with Crippen LogP contribution in [0, 0.1) is 0 Å². The topological polar surface area (TPSA) is 95.8 Å². The van der Waals surface area contributed by atoms with Gasteiger partial charge in [-0.15, -0.1) is 0 Å². The van der Waals surface area contributed by atoms with Crippen molar-refractivity contribution in [1.29, 1.82) is 0 Å². The first-order valence-electron chi connectivity index (χ1n) is 23.5.